The van der Waals surface area contributed by atoms with Crippen molar-refractivity contribution in [3.8, 4) is 0 Å². The summed E-state index contributed by atoms with van der Waals surface area (Å²) in [6.45, 7) is 3.35. The average Bonchev–Trinajstić information content (AvgIpc) is 2.30. The van der Waals surface area contributed by atoms with E-state index in [0.717, 1.165) is 31.1 Å². The van der Waals surface area contributed by atoms with Gasteiger partial charge in [-0.1, -0.05) is 29.8 Å². The van der Waals surface area contributed by atoms with Gasteiger partial charge in [0.25, 0.3) is 0 Å². The Kier molecular flexibility index (Phi) is 4.22. The molecule has 2 nitrogen and oxygen atoms in total. The van der Waals surface area contributed by atoms with Crippen LogP contribution >= 0.6 is 11.6 Å². The highest BCUT2D eigenvalue weighted by Gasteiger charge is 2.18. The van der Waals surface area contributed by atoms with Gasteiger partial charge in [-0.25, -0.2) is 0 Å². The van der Waals surface area contributed by atoms with Crippen molar-refractivity contribution in [2.45, 2.75) is 18.9 Å². The molecule has 0 amide bonds. The van der Waals surface area contributed by atoms with Crippen LogP contribution in [0, 0.1) is 0 Å². The number of likely N-dealkylation sites (N-methyl/N-ethyl adjacent to an activating group) is 1. The predicted octanol–water partition coefficient (Wildman–Crippen LogP) is 2.18. The van der Waals surface area contributed by atoms with E-state index in [1.54, 1.807) is 0 Å². The van der Waals surface area contributed by atoms with Crippen LogP contribution in [-0.4, -0.2) is 37.6 Å². The van der Waals surface area contributed by atoms with E-state index in [4.69, 9.17) is 11.6 Å². The summed E-state index contributed by atoms with van der Waals surface area (Å²) in [5, 5.41) is 4.34. The van der Waals surface area contributed by atoms with Crippen LogP contribution < -0.4 is 5.32 Å². The molecule has 0 saturated carbocycles. The topological polar surface area (TPSA) is 15.3 Å². The largest absolute Gasteiger partial charge is 0.314 e. The lowest BCUT2D eigenvalue weighted by molar-refractivity contribution is 0.191. The first-order valence-electron chi connectivity index (χ1n) is 5.92. The van der Waals surface area contributed by atoms with Crippen molar-refractivity contribution >= 4 is 11.6 Å². The number of nitrogens with zero attached hydrogens (tertiary/aromatic N) is 1. The first kappa shape index (κ1) is 11.9. The monoisotopic (exact) mass is 238 g/mol. The van der Waals surface area contributed by atoms with E-state index in [1.807, 2.05) is 12.1 Å². The fourth-order valence-electron chi connectivity index (χ4n) is 2.21. The third-order valence-corrected chi connectivity index (χ3v) is 3.72. The summed E-state index contributed by atoms with van der Waals surface area (Å²) in [7, 11) is 2.21. The molecule has 1 atom stereocenters. The van der Waals surface area contributed by atoms with Crippen molar-refractivity contribution in [2.75, 3.05) is 26.7 Å². The van der Waals surface area contributed by atoms with Gasteiger partial charge >= 0.3 is 0 Å². The maximum absolute atomic E-state index is 6.15. The quantitative estimate of drug-likeness (QED) is 0.869. The Morgan fingerprint density at radius 3 is 3.00 bits per heavy atom. The fraction of sp³-hybridized carbons (Fsp3) is 0.538. The molecule has 0 bridgehead atoms. The van der Waals surface area contributed by atoms with E-state index in [9.17, 15) is 0 Å². The summed E-state index contributed by atoms with van der Waals surface area (Å²) in [4.78, 5) is 2.44. The standard InChI is InChI=1S/C13H19ClN2/c1-16-9-8-15-10-12(16)7-6-11-4-2-3-5-13(11)14/h2-5,12,15H,6-10H2,1H3. The minimum absolute atomic E-state index is 0.644. The van der Waals surface area contributed by atoms with Crippen LogP contribution in [0.2, 0.25) is 5.02 Å². The summed E-state index contributed by atoms with van der Waals surface area (Å²) in [6, 6.07) is 8.78. The van der Waals surface area contributed by atoms with Gasteiger partial charge in [-0.05, 0) is 31.5 Å². The molecule has 88 valence electrons. The van der Waals surface area contributed by atoms with Crippen molar-refractivity contribution in [2.24, 2.45) is 0 Å². The fourth-order valence-corrected chi connectivity index (χ4v) is 2.44. The van der Waals surface area contributed by atoms with Gasteiger partial charge in [0.15, 0.2) is 0 Å². The number of hydrogen-bond acceptors (Lipinski definition) is 2. The van der Waals surface area contributed by atoms with Crippen LogP contribution in [0.3, 0.4) is 0 Å². The molecule has 0 aromatic heterocycles. The van der Waals surface area contributed by atoms with Crippen molar-refractivity contribution in [1.29, 1.82) is 0 Å². The molecule has 1 aliphatic rings. The SMILES string of the molecule is CN1CCNCC1CCc1ccccc1Cl. The van der Waals surface area contributed by atoms with Gasteiger partial charge in [-0.3, -0.25) is 0 Å². The van der Waals surface area contributed by atoms with Crippen molar-refractivity contribution in [1.82, 2.24) is 10.2 Å². The summed E-state index contributed by atoms with van der Waals surface area (Å²) in [5.41, 5.74) is 1.27. The van der Waals surface area contributed by atoms with E-state index in [2.05, 4.69) is 29.4 Å². The summed E-state index contributed by atoms with van der Waals surface area (Å²) in [6.07, 6.45) is 2.24. The molecular formula is C13H19ClN2. The van der Waals surface area contributed by atoms with Crippen LogP contribution in [0.5, 0.6) is 0 Å². The molecule has 2 rings (SSSR count). The van der Waals surface area contributed by atoms with E-state index < -0.39 is 0 Å². The average molecular weight is 239 g/mol. The number of piperazine rings is 1. The molecule has 1 unspecified atom stereocenters. The summed E-state index contributed by atoms with van der Waals surface area (Å²) >= 11 is 6.15. The van der Waals surface area contributed by atoms with E-state index in [1.165, 1.54) is 12.0 Å². The van der Waals surface area contributed by atoms with Crippen LogP contribution in [-0.2, 0) is 6.42 Å². The Morgan fingerprint density at radius 1 is 1.44 bits per heavy atom. The highest BCUT2D eigenvalue weighted by Crippen LogP contribution is 2.18. The second-order valence-corrected chi connectivity index (χ2v) is 4.88. The molecule has 3 heteroatoms. The Labute approximate surface area is 103 Å². The molecule has 0 radical (unpaired) electrons. The van der Waals surface area contributed by atoms with Gasteiger partial charge in [-0.2, -0.15) is 0 Å². The minimum Gasteiger partial charge on any atom is -0.314 e. The number of halogens is 1. The Bertz CT molecular complexity index is 340. The number of benzene rings is 1. The normalized spacial score (nSPS) is 22.2. The Morgan fingerprint density at radius 2 is 2.25 bits per heavy atom. The molecule has 1 aromatic carbocycles. The third-order valence-electron chi connectivity index (χ3n) is 3.35. The van der Waals surface area contributed by atoms with Crippen LogP contribution in [0.15, 0.2) is 24.3 Å². The molecule has 1 N–H and O–H groups in total. The van der Waals surface area contributed by atoms with Gasteiger partial charge in [0.05, 0.1) is 0 Å². The Balaban J connectivity index is 1.89. The van der Waals surface area contributed by atoms with E-state index >= 15 is 0 Å². The predicted molar refractivity (Wildman–Crippen MR) is 69.1 cm³/mol. The molecule has 1 aliphatic heterocycles. The lowest BCUT2D eigenvalue weighted by Gasteiger charge is -2.33. The second kappa shape index (κ2) is 5.67. The van der Waals surface area contributed by atoms with Crippen molar-refractivity contribution in [3.63, 3.8) is 0 Å². The first-order chi connectivity index (χ1) is 7.77. The molecule has 16 heavy (non-hydrogen) atoms. The van der Waals surface area contributed by atoms with Crippen LogP contribution in [0.1, 0.15) is 12.0 Å². The van der Waals surface area contributed by atoms with Gasteiger partial charge in [0.2, 0.25) is 0 Å². The van der Waals surface area contributed by atoms with Gasteiger partial charge in [0.1, 0.15) is 0 Å². The highest BCUT2D eigenvalue weighted by atomic mass is 35.5. The van der Waals surface area contributed by atoms with Gasteiger partial charge in [-0.15, -0.1) is 0 Å². The number of nitrogens with one attached hydrogen (secondary N) is 1. The molecular weight excluding hydrogens is 220 g/mol. The summed E-state index contributed by atoms with van der Waals surface area (Å²) in [5.74, 6) is 0. The van der Waals surface area contributed by atoms with Gasteiger partial charge in [0, 0.05) is 30.7 Å². The number of aryl methyl sites for hydroxylation is 1. The zero-order valence-electron chi connectivity index (χ0n) is 9.75. The van der Waals surface area contributed by atoms with E-state index in [0.29, 0.717) is 6.04 Å². The van der Waals surface area contributed by atoms with E-state index in [-0.39, 0.29) is 0 Å². The van der Waals surface area contributed by atoms with Crippen LogP contribution in [0.25, 0.3) is 0 Å². The summed E-state index contributed by atoms with van der Waals surface area (Å²) < 4.78 is 0. The molecule has 0 aliphatic carbocycles. The highest BCUT2D eigenvalue weighted by molar-refractivity contribution is 6.31. The zero-order chi connectivity index (χ0) is 11.4. The third kappa shape index (κ3) is 2.97. The van der Waals surface area contributed by atoms with Gasteiger partial charge < -0.3 is 10.2 Å². The lowest BCUT2D eigenvalue weighted by Crippen LogP contribution is -2.49. The smallest absolute Gasteiger partial charge is 0.0437 e. The minimum atomic E-state index is 0.644. The number of rotatable bonds is 3. The first-order valence-corrected chi connectivity index (χ1v) is 6.29. The van der Waals surface area contributed by atoms with Crippen LogP contribution in [0.4, 0.5) is 0 Å². The lowest BCUT2D eigenvalue weighted by atomic mass is 10.0. The molecule has 1 aromatic rings. The second-order valence-electron chi connectivity index (χ2n) is 4.47. The molecule has 1 saturated heterocycles. The maximum atomic E-state index is 6.15. The number of hydrogen-bond donors (Lipinski definition) is 1. The maximum Gasteiger partial charge on any atom is 0.0437 e. The van der Waals surface area contributed by atoms with Crippen molar-refractivity contribution < 1.29 is 0 Å². The Hall–Kier alpha value is -0.570. The zero-order valence-corrected chi connectivity index (χ0v) is 10.5. The molecule has 1 heterocycles. The molecule has 1 fully saturated rings. The molecule has 0 spiro atoms. The van der Waals surface area contributed by atoms with Crippen molar-refractivity contribution in [3.05, 3.63) is 34.9 Å².